The molecule has 1 aliphatic heterocycles. The van der Waals surface area contributed by atoms with Crippen molar-refractivity contribution >= 4 is 33.3 Å². The number of sulfonamides is 1. The van der Waals surface area contributed by atoms with Crippen LogP contribution in [0.25, 0.3) is 0 Å². The SMILES string of the molecule is C[C@@H](OC(=O)c1ccc(S(=O)(=O)N2CCCCCC2)cc1)C(=O)Nc1cccc([N+](=O)[O-])c1. The summed E-state index contributed by atoms with van der Waals surface area (Å²) in [4.78, 5) is 35.1. The molecule has 1 aliphatic rings. The van der Waals surface area contributed by atoms with E-state index in [1.807, 2.05) is 0 Å². The number of benzene rings is 2. The number of nitrogens with one attached hydrogen (secondary N) is 1. The summed E-state index contributed by atoms with van der Waals surface area (Å²) in [5.41, 5.74) is 0.104. The number of hydrogen-bond donors (Lipinski definition) is 1. The molecule has 0 bridgehead atoms. The van der Waals surface area contributed by atoms with Crippen LogP contribution in [-0.2, 0) is 19.6 Å². The number of nitro groups is 1. The van der Waals surface area contributed by atoms with Crippen LogP contribution < -0.4 is 5.32 Å². The van der Waals surface area contributed by atoms with E-state index in [1.165, 1.54) is 59.8 Å². The molecule has 1 saturated heterocycles. The Morgan fingerprint density at radius 3 is 2.30 bits per heavy atom. The van der Waals surface area contributed by atoms with Crippen molar-refractivity contribution in [3.8, 4) is 0 Å². The third-order valence-electron chi connectivity index (χ3n) is 5.27. The van der Waals surface area contributed by atoms with Gasteiger partial charge in [-0.15, -0.1) is 0 Å². The first-order chi connectivity index (χ1) is 15.7. The van der Waals surface area contributed by atoms with Gasteiger partial charge in [0.2, 0.25) is 10.0 Å². The molecule has 3 rings (SSSR count). The highest BCUT2D eigenvalue weighted by Crippen LogP contribution is 2.21. The molecule has 0 spiro atoms. The average Bonchev–Trinajstić information content (AvgIpc) is 3.09. The summed E-state index contributed by atoms with van der Waals surface area (Å²) in [6.45, 7) is 2.31. The number of nitro benzene ring substituents is 1. The molecule has 0 aliphatic carbocycles. The number of carbonyl (C=O) groups excluding carboxylic acids is 2. The van der Waals surface area contributed by atoms with Gasteiger partial charge in [0.25, 0.3) is 11.6 Å². The Morgan fingerprint density at radius 2 is 1.70 bits per heavy atom. The van der Waals surface area contributed by atoms with Crippen LogP contribution in [0, 0.1) is 10.1 Å². The fourth-order valence-corrected chi connectivity index (χ4v) is 4.93. The first-order valence-electron chi connectivity index (χ1n) is 10.5. The van der Waals surface area contributed by atoms with Gasteiger partial charge < -0.3 is 10.1 Å². The van der Waals surface area contributed by atoms with Gasteiger partial charge in [-0.2, -0.15) is 4.31 Å². The van der Waals surface area contributed by atoms with Crippen molar-refractivity contribution in [3.05, 3.63) is 64.2 Å². The molecule has 2 aromatic carbocycles. The van der Waals surface area contributed by atoms with Crippen molar-refractivity contribution in [2.45, 2.75) is 43.6 Å². The van der Waals surface area contributed by atoms with Crippen molar-refractivity contribution in [2.75, 3.05) is 18.4 Å². The van der Waals surface area contributed by atoms with Gasteiger partial charge in [-0.25, -0.2) is 13.2 Å². The predicted molar refractivity (Wildman–Crippen MR) is 120 cm³/mol. The molecule has 0 aromatic heterocycles. The molecule has 2 aromatic rings. The number of anilines is 1. The van der Waals surface area contributed by atoms with E-state index < -0.39 is 32.9 Å². The summed E-state index contributed by atoms with van der Waals surface area (Å²) in [6, 6.07) is 10.8. The number of ether oxygens (including phenoxy) is 1. The van der Waals surface area contributed by atoms with Crippen molar-refractivity contribution < 1.29 is 27.7 Å². The van der Waals surface area contributed by atoms with Crippen molar-refractivity contribution in [2.24, 2.45) is 0 Å². The molecule has 33 heavy (non-hydrogen) atoms. The minimum Gasteiger partial charge on any atom is -0.449 e. The van der Waals surface area contributed by atoms with E-state index >= 15 is 0 Å². The standard InChI is InChI=1S/C22H25N3O7S/c1-16(21(26)23-18-7-6-8-19(15-18)25(28)29)32-22(27)17-9-11-20(12-10-17)33(30,31)24-13-4-2-3-5-14-24/h6-12,15-16H,2-5,13-14H2,1H3,(H,23,26)/t16-/m1/s1. The van der Waals surface area contributed by atoms with E-state index in [0.717, 1.165) is 25.7 Å². The van der Waals surface area contributed by atoms with Gasteiger partial charge in [-0.3, -0.25) is 14.9 Å². The Kier molecular flexibility index (Phi) is 7.77. The predicted octanol–water partition coefficient (Wildman–Crippen LogP) is 3.34. The van der Waals surface area contributed by atoms with Crippen LogP contribution in [0.15, 0.2) is 53.4 Å². The lowest BCUT2D eigenvalue weighted by Crippen LogP contribution is -2.32. The molecular formula is C22H25N3O7S. The van der Waals surface area contributed by atoms with Crippen molar-refractivity contribution in [1.82, 2.24) is 4.31 Å². The number of carbonyl (C=O) groups is 2. The molecule has 176 valence electrons. The topological polar surface area (TPSA) is 136 Å². The Bertz CT molecular complexity index is 1120. The molecular weight excluding hydrogens is 450 g/mol. The van der Waals surface area contributed by atoms with Gasteiger partial charge in [0.15, 0.2) is 6.10 Å². The smallest absolute Gasteiger partial charge is 0.338 e. The second-order valence-electron chi connectivity index (χ2n) is 7.69. The zero-order chi connectivity index (χ0) is 24.0. The number of nitrogens with zero attached hydrogens (tertiary/aromatic N) is 2. The lowest BCUT2D eigenvalue weighted by atomic mass is 10.2. The third kappa shape index (κ3) is 6.14. The molecule has 1 fully saturated rings. The monoisotopic (exact) mass is 475 g/mol. The second kappa shape index (κ2) is 10.5. The van der Waals surface area contributed by atoms with Crippen LogP contribution in [0.2, 0.25) is 0 Å². The molecule has 11 heteroatoms. The summed E-state index contributed by atoms with van der Waals surface area (Å²) < 4.78 is 32.3. The Morgan fingerprint density at radius 1 is 1.06 bits per heavy atom. The zero-order valence-electron chi connectivity index (χ0n) is 18.1. The van der Waals surface area contributed by atoms with Crippen LogP contribution >= 0.6 is 0 Å². The van der Waals surface area contributed by atoms with Gasteiger partial charge in [0.1, 0.15) is 0 Å². The molecule has 10 nitrogen and oxygen atoms in total. The third-order valence-corrected chi connectivity index (χ3v) is 7.18. The summed E-state index contributed by atoms with van der Waals surface area (Å²) in [7, 11) is -3.64. The van der Waals surface area contributed by atoms with Crippen molar-refractivity contribution in [3.63, 3.8) is 0 Å². The highest BCUT2D eigenvalue weighted by molar-refractivity contribution is 7.89. The Labute approximate surface area is 191 Å². The van der Waals surface area contributed by atoms with E-state index in [2.05, 4.69) is 5.32 Å². The fraction of sp³-hybridized carbons (Fsp3) is 0.364. The maximum atomic E-state index is 12.8. The lowest BCUT2D eigenvalue weighted by molar-refractivity contribution is -0.384. The van der Waals surface area contributed by atoms with E-state index in [0.29, 0.717) is 13.1 Å². The Hall–Kier alpha value is -3.31. The molecule has 1 atom stereocenters. The summed E-state index contributed by atoms with van der Waals surface area (Å²) in [5.74, 6) is -1.46. The minimum absolute atomic E-state index is 0.0948. The van der Waals surface area contributed by atoms with Crippen LogP contribution in [0.5, 0.6) is 0 Å². The number of amides is 1. The summed E-state index contributed by atoms with van der Waals surface area (Å²) in [5, 5.41) is 13.3. The molecule has 1 amide bonds. The maximum Gasteiger partial charge on any atom is 0.338 e. The average molecular weight is 476 g/mol. The summed E-state index contributed by atoms with van der Waals surface area (Å²) >= 11 is 0. The number of rotatable bonds is 7. The summed E-state index contributed by atoms with van der Waals surface area (Å²) in [6.07, 6.45) is 2.46. The van der Waals surface area contributed by atoms with Gasteiger partial charge in [-0.1, -0.05) is 18.9 Å². The second-order valence-corrected chi connectivity index (χ2v) is 9.62. The van der Waals surface area contributed by atoms with Gasteiger partial charge in [0, 0.05) is 30.9 Å². The molecule has 1 N–H and O–H groups in total. The molecule has 0 saturated carbocycles. The highest BCUT2D eigenvalue weighted by Gasteiger charge is 2.26. The first-order valence-corrected chi connectivity index (χ1v) is 12.0. The largest absolute Gasteiger partial charge is 0.449 e. The number of non-ortho nitro benzene ring substituents is 1. The molecule has 0 unspecified atom stereocenters. The quantitative estimate of drug-likeness (QED) is 0.368. The van der Waals surface area contributed by atoms with E-state index in [9.17, 15) is 28.1 Å². The van der Waals surface area contributed by atoms with Crippen LogP contribution in [0.1, 0.15) is 43.0 Å². The van der Waals surface area contributed by atoms with E-state index in [4.69, 9.17) is 4.74 Å². The molecule has 0 radical (unpaired) electrons. The fourth-order valence-electron chi connectivity index (χ4n) is 3.42. The van der Waals surface area contributed by atoms with Crippen LogP contribution in [0.4, 0.5) is 11.4 Å². The maximum absolute atomic E-state index is 12.8. The van der Waals surface area contributed by atoms with Crippen LogP contribution in [-0.4, -0.2) is 48.7 Å². The lowest BCUT2D eigenvalue weighted by Gasteiger charge is -2.20. The first kappa shape index (κ1) is 24.3. The van der Waals surface area contributed by atoms with Crippen molar-refractivity contribution in [1.29, 1.82) is 0 Å². The Balaban J connectivity index is 1.62. The normalized spacial score (nSPS) is 15.8. The van der Waals surface area contributed by atoms with Gasteiger partial charge in [-0.05, 0) is 50.1 Å². The number of esters is 1. The van der Waals surface area contributed by atoms with E-state index in [1.54, 1.807) is 0 Å². The van der Waals surface area contributed by atoms with Gasteiger partial charge in [0.05, 0.1) is 15.4 Å². The van der Waals surface area contributed by atoms with Crippen LogP contribution in [0.3, 0.4) is 0 Å². The zero-order valence-corrected chi connectivity index (χ0v) is 18.9. The molecule has 1 heterocycles. The number of hydrogen-bond acceptors (Lipinski definition) is 7. The minimum atomic E-state index is -3.64. The van der Waals surface area contributed by atoms with Gasteiger partial charge >= 0.3 is 5.97 Å². The van der Waals surface area contributed by atoms with E-state index in [-0.39, 0.29) is 21.8 Å². The highest BCUT2D eigenvalue weighted by atomic mass is 32.2.